The van der Waals surface area contributed by atoms with Gasteiger partial charge in [-0.2, -0.15) is 0 Å². The molecule has 0 saturated heterocycles. The third-order valence-electron chi connectivity index (χ3n) is 2.88. The molecule has 20 heavy (non-hydrogen) atoms. The normalized spacial score (nSPS) is 9.90. The van der Waals surface area contributed by atoms with E-state index in [1.165, 1.54) is 0 Å². The predicted molar refractivity (Wildman–Crippen MR) is 78.0 cm³/mol. The quantitative estimate of drug-likeness (QED) is 0.921. The van der Waals surface area contributed by atoms with Gasteiger partial charge < -0.3 is 9.47 Å². The summed E-state index contributed by atoms with van der Waals surface area (Å²) in [7, 11) is 1.61. The summed E-state index contributed by atoms with van der Waals surface area (Å²) in [6.07, 6.45) is -0.470. The zero-order valence-corrected chi connectivity index (χ0v) is 11.6. The van der Waals surface area contributed by atoms with Gasteiger partial charge >= 0.3 is 6.09 Å². The van der Waals surface area contributed by atoms with Crippen LogP contribution in [0.3, 0.4) is 0 Å². The smallest absolute Gasteiger partial charge is 0.411 e. The van der Waals surface area contributed by atoms with Crippen molar-refractivity contribution in [3.05, 3.63) is 59.7 Å². The molecule has 0 atom stereocenters. The van der Waals surface area contributed by atoms with E-state index in [0.29, 0.717) is 5.69 Å². The summed E-state index contributed by atoms with van der Waals surface area (Å²) in [5.41, 5.74) is 2.58. The molecule has 0 aliphatic carbocycles. The van der Waals surface area contributed by atoms with E-state index < -0.39 is 6.09 Å². The number of anilines is 1. The first-order valence-corrected chi connectivity index (χ1v) is 6.31. The lowest BCUT2D eigenvalue weighted by Crippen LogP contribution is -2.14. The van der Waals surface area contributed by atoms with E-state index in [1.807, 2.05) is 43.3 Å². The van der Waals surface area contributed by atoms with E-state index in [4.69, 9.17) is 9.47 Å². The van der Waals surface area contributed by atoms with Gasteiger partial charge in [0, 0.05) is 5.69 Å². The lowest BCUT2D eigenvalue weighted by molar-refractivity contribution is 0.155. The molecule has 0 spiro atoms. The van der Waals surface area contributed by atoms with Gasteiger partial charge in [0.05, 0.1) is 7.11 Å². The van der Waals surface area contributed by atoms with Crippen LogP contribution in [0.25, 0.3) is 0 Å². The fourth-order valence-corrected chi connectivity index (χ4v) is 1.77. The van der Waals surface area contributed by atoms with Gasteiger partial charge in [0.15, 0.2) is 0 Å². The second kappa shape index (κ2) is 6.61. The van der Waals surface area contributed by atoms with Gasteiger partial charge in [0.1, 0.15) is 12.4 Å². The van der Waals surface area contributed by atoms with Crippen LogP contribution >= 0.6 is 0 Å². The van der Waals surface area contributed by atoms with Crippen molar-refractivity contribution in [3.8, 4) is 5.75 Å². The minimum atomic E-state index is -0.470. The highest BCUT2D eigenvalue weighted by molar-refractivity contribution is 5.85. The van der Waals surface area contributed by atoms with Gasteiger partial charge in [-0.05, 0) is 36.2 Å². The average molecular weight is 271 g/mol. The number of amides is 1. The van der Waals surface area contributed by atoms with E-state index in [9.17, 15) is 4.79 Å². The Bertz CT molecular complexity index is 582. The highest BCUT2D eigenvalue weighted by Gasteiger charge is 2.06. The molecular formula is C16H17NO3. The standard InChI is InChI=1S/C16H17NO3/c1-12-10-14(19-2)8-9-15(12)17-16(18)20-11-13-6-4-3-5-7-13/h3-10H,11H2,1-2H3,(H,17,18). The number of benzene rings is 2. The van der Waals surface area contributed by atoms with E-state index in [1.54, 1.807) is 19.2 Å². The molecule has 0 aliphatic heterocycles. The fraction of sp³-hybridized carbons (Fsp3) is 0.188. The van der Waals surface area contributed by atoms with Gasteiger partial charge in [-0.3, -0.25) is 5.32 Å². The molecule has 4 heteroatoms. The summed E-state index contributed by atoms with van der Waals surface area (Å²) >= 11 is 0. The lowest BCUT2D eigenvalue weighted by atomic mass is 10.2. The summed E-state index contributed by atoms with van der Waals surface area (Å²) in [6, 6.07) is 15.0. The molecule has 0 bridgehead atoms. The van der Waals surface area contributed by atoms with Crippen LogP contribution in [0.5, 0.6) is 5.75 Å². The highest BCUT2D eigenvalue weighted by atomic mass is 16.5. The summed E-state index contributed by atoms with van der Waals surface area (Å²) in [4.78, 5) is 11.7. The number of aryl methyl sites for hydroxylation is 1. The minimum absolute atomic E-state index is 0.252. The van der Waals surface area contributed by atoms with Crippen molar-refractivity contribution in [2.45, 2.75) is 13.5 Å². The number of hydrogen-bond acceptors (Lipinski definition) is 3. The van der Waals surface area contributed by atoms with Gasteiger partial charge in [0.25, 0.3) is 0 Å². The predicted octanol–water partition coefficient (Wildman–Crippen LogP) is 3.75. The topological polar surface area (TPSA) is 47.6 Å². The Morgan fingerprint density at radius 3 is 2.55 bits per heavy atom. The summed E-state index contributed by atoms with van der Waals surface area (Å²) in [5, 5.41) is 2.72. The van der Waals surface area contributed by atoms with Crippen molar-refractivity contribution in [2.75, 3.05) is 12.4 Å². The molecular weight excluding hydrogens is 254 g/mol. The molecule has 0 unspecified atom stereocenters. The van der Waals surface area contributed by atoms with Crippen molar-refractivity contribution in [3.63, 3.8) is 0 Å². The number of rotatable bonds is 4. The lowest BCUT2D eigenvalue weighted by Gasteiger charge is -2.10. The molecule has 0 saturated carbocycles. The van der Waals surface area contributed by atoms with Crippen LogP contribution in [-0.2, 0) is 11.3 Å². The summed E-state index contributed by atoms with van der Waals surface area (Å²) in [6.45, 7) is 2.15. The van der Waals surface area contributed by atoms with E-state index in [-0.39, 0.29) is 6.61 Å². The van der Waals surface area contributed by atoms with E-state index >= 15 is 0 Å². The Morgan fingerprint density at radius 1 is 1.15 bits per heavy atom. The van der Waals surface area contributed by atoms with Gasteiger partial charge in [-0.25, -0.2) is 4.79 Å². The van der Waals surface area contributed by atoms with Crippen LogP contribution in [0.4, 0.5) is 10.5 Å². The minimum Gasteiger partial charge on any atom is -0.497 e. The maximum Gasteiger partial charge on any atom is 0.411 e. The van der Waals surface area contributed by atoms with Crippen molar-refractivity contribution >= 4 is 11.8 Å². The molecule has 0 fully saturated rings. The number of methoxy groups -OCH3 is 1. The first kappa shape index (κ1) is 13.9. The molecule has 4 nitrogen and oxygen atoms in total. The molecule has 2 aromatic carbocycles. The molecule has 104 valence electrons. The first-order chi connectivity index (χ1) is 9.69. The third-order valence-corrected chi connectivity index (χ3v) is 2.88. The van der Waals surface area contributed by atoms with Crippen molar-refractivity contribution in [1.82, 2.24) is 0 Å². The number of carbonyl (C=O) groups is 1. The number of hydrogen-bond donors (Lipinski definition) is 1. The summed E-state index contributed by atoms with van der Waals surface area (Å²) in [5.74, 6) is 0.755. The molecule has 0 radical (unpaired) electrons. The average Bonchev–Trinajstić information content (AvgIpc) is 2.48. The van der Waals surface area contributed by atoms with Crippen LogP contribution in [-0.4, -0.2) is 13.2 Å². The zero-order valence-electron chi connectivity index (χ0n) is 11.6. The van der Waals surface area contributed by atoms with Crippen molar-refractivity contribution in [2.24, 2.45) is 0 Å². The fourth-order valence-electron chi connectivity index (χ4n) is 1.77. The van der Waals surface area contributed by atoms with Crippen molar-refractivity contribution < 1.29 is 14.3 Å². The Kier molecular flexibility index (Phi) is 4.60. The molecule has 1 N–H and O–H groups in total. The second-order valence-electron chi connectivity index (χ2n) is 4.37. The highest BCUT2D eigenvalue weighted by Crippen LogP contribution is 2.21. The van der Waals surface area contributed by atoms with Gasteiger partial charge in [-0.15, -0.1) is 0 Å². The SMILES string of the molecule is COc1ccc(NC(=O)OCc2ccccc2)c(C)c1. The maximum atomic E-state index is 11.7. The van der Waals surface area contributed by atoms with Gasteiger partial charge in [-0.1, -0.05) is 30.3 Å². The molecule has 2 rings (SSSR count). The van der Waals surface area contributed by atoms with Crippen LogP contribution in [0.2, 0.25) is 0 Å². The zero-order chi connectivity index (χ0) is 14.4. The number of nitrogens with one attached hydrogen (secondary N) is 1. The number of carbonyl (C=O) groups excluding carboxylic acids is 1. The van der Waals surface area contributed by atoms with Gasteiger partial charge in [0.2, 0.25) is 0 Å². The molecule has 2 aromatic rings. The first-order valence-electron chi connectivity index (χ1n) is 6.31. The third kappa shape index (κ3) is 3.75. The Hall–Kier alpha value is -2.49. The van der Waals surface area contributed by atoms with Crippen LogP contribution < -0.4 is 10.1 Å². The number of ether oxygens (including phenoxy) is 2. The van der Waals surface area contributed by atoms with Crippen LogP contribution in [0, 0.1) is 6.92 Å². The largest absolute Gasteiger partial charge is 0.497 e. The second-order valence-corrected chi connectivity index (χ2v) is 4.37. The van der Waals surface area contributed by atoms with Crippen LogP contribution in [0.15, 0.2) is 48.5 Å². The van der Waals surface area contributed by atoms with Crippen molar-refractivity contribution in [1.29, 1.82) is 0 Å². The molecule has 0 heterocycles. The molecule has 0 aromatic heterocycles. The van der Waals surface area contributed by atoms with Crippen LogP contribution in [0.1, 0.15) is 11.1 Å². The Balaban J connectivity index is 1.91. The summed E-state index contributed by atoms with van der Waals surface area (Å²) < 4.78 is 10.3. The Labute approximate surface area is 118 Å². The monoisotopic (exact) mass is 271 g/mol. The molecule has 1 amide bonds. The molecule has 0 aliphatic rings. The van der Waals surface area contributed by atoms with E-state index in [0.717, 1.165) is 16.9 Å². The maximum absolute atomic E-state index is 11.7. The van der Waals surface area contributed by atoms with E-state index in [2.05, 4.69) is 5.32 Å². The Morgan fingerprint density at radius 2 is 1.90 bits per heavy atom.